The van der Waals surface area contributed by atoms with Crippen molar-refractivity contribution < 1.29 is 52.1 Å². The second-order valence-corrected chi connectivity index (χ2v) is 25.1. The third-order valence-corrected chi connectivity index (χ3v) is 17.8. The minimum atomic E-state index is -5.97. The van der Waals surface area contributed by atoms with E-state index in [2.05, 4.69) is 25.7 Å². The SMILES string of the molecule is CCN(CC)CC.CN(/C1=C(\C=C\C2=[N+](CCCCS(=O)(=O)[O-])c3ccc4ccccc4c3C2(C)C)c2ccccc2\C1=C/C=C1/N(CCCCS(=O)(=O)O)c2ccc3ccccc3c2C1(C)C)S(=O)(=O)C(F)(F)F. The highest BCUT2D eigenvalue weighted by Crippen LogP contribution is 2.52. The Morgan fingerprint density at radius 2 is 1.24 bits per heavy atom. The Balaban J connectivity index is 0.00000109. The van der Waals surface area contributed by atoms with Gasteiger partial charge < -0.3 is 14.4 Å². The molecule has 0 atom stereocenters. The lowest BCUT2D eigenvalue weighted by Gasteiger charge is -2.27. The zero-order chi connectivity index (χ0) is 54.9. The van der Waals surface area contributed by atoms with Gasteiger partial charge in [-0.1, -0.05) is 120 Å². The van der Waals surface area contributed by atoms with Crippen LogP contribution in [0.2, 0.25) is 0 Å². The third-order valence-electron chi connectivity index (χ3n) is 14.7. The first-order valence-electron chi connectivity index (χ1n) is 25.3. The van der Waals surface area contributed by atoms with Crippen LogP contribution in [0.5, 0.6) is 0 Å². The normalized spacial score (nSPS) is 17.4. The van der Waals surface area contributed by atoms with Gasteiger partial charge in [0.25, 0.3) is 10.1 Å². The van der Waals surface area contributed by atoms with Gasteiger partial charge in [-0.15, -0.1) is 0 Å². The first kappa shape index (κ1) is 57.1. The molecule has 0 fully saturated rings. The van der Waals surface area contributed by atoms with Crippen molar-refractivity contribution in [2.75, 3.05) is 56.2 Å². The second-order valence-electron chi connectivity index (χ2n) is 20.1. The number of halogens is 3. The fourth-order valence-electron chi connectivity index (χ4n) is 11.0. The van der Waals surface area contributed by atoms with E-state index in [1.165, 1.54) is 19.6 Å². The van der Waals surface area contributed by atoms with E-state index in [1.54, 1.807) is 48.6 Å². The molecule has 1 N–H and O–H groups in total. The van der Waals surface area contributed by atoms with Gasteiger partial charge in [0, 0.05) is 71.4 Å². The topological polar surface area (TPSA) is 158 Å². The summed E-state index contributed by atoms with van der Waals surface area (Å²) < 4.78 is 141. The molecule has 1 aliphatic carbocycles. The predicted octanol–water partition coefficient (Wildman–Crippen LogP) is 11.5. The predicted molar refractivity (Wildman–Crippen MR) is 295 cm³/mol. The molecule has 18 heteroatoms. The van der Waals surface area contributed by atoms with E-state index >= 15 is 0 Å². The summed E-state index contributed by atoms with van der Waals surface area (Å²) in [5.74, 6) is -0.967. The number of nitrogens with zero attached hydrogens (tertiary/aromatic N) is 4. The van der Waals surface area contributed by atoms with Crippen molar-refractivity contribution in [1.29, 1.82) is 0 Å². The van der Waals surface area contributed by atoms with Crippen LogP contribution in [-0.2, 0) is 41.1 Å². The lowest BCUT2D eigenvalue weighted by atomic mass is 9.79. The number of hydrogen-bond acceptors (Lipinski definition) is 9. The number of anilines is 1. The quantitative estimate of drug-likeness (QED) is 0.0508. The summed E-state index contributed by atoms with van der Waals surface area (Å²) in [4.78, 5) is 4.42. The fourth-order valence-corrected chi connectivity index (χ4v) is 12.8. The number of unbranched alkanes of at least 4 members (excludes halogenated alkanes) is 2. The van der Waals surface area contributed by atoms with Crippen LogP contribution in [0.4, 0.5) is 24.5 Å². The van der Waals surface area contributed by atoms with Crippen LogP contribution < -0.4 is 4.90 Å². The molecule has 12 nitrogen and oxygen atoms in total. The van der Waals surface area contributed by atoms with Crippen molar-refractivity contribution >= 4 is 80.0 Å². The zero-order valence-electron chi connectivity index (χ0n) is 43.8. The zero-order valence-corrected chi connectivity index (χ0v) is 46.2. The summed E-state index contributed by atoms with van der Waals surface area (Å²) in [5.41, 5.74) is -0.764. The van der Waals surface area contributed by atoms with Crippen molar-refractivity contribution in [3.8, 4) is 0 Å². The third kappa shape index (κ3) is 11.7. The average molecular weight is 1090 g/mol. The van der Waals surface area contributed by atoms with Crippen molar-refractivity contribution in [2.24, 2.45) is 0 Å². The van der Waals surface area contributed by atoms with E-state index in [4.69, 9.17) is 0 Å². The van der Waals surface area contributed by atoms with Crippen molar-refractivity contribution in [3.05, 3.63) is 155 Å². The van der Waals surface area contributed by atoms with Gasteiger partial charge in [-0.3, -0.25) is 8.86 Å². The molecule has 0 radical (unpaired) electrons. The molecule has 75 heavy (non-hydrogen) atoms. The van der Waals surface area contributed by atoms with Crippen LogP contribution in [0.1, 0.15) is 96.4 Å². The van der Waals surface area contributed by atoms with E-state index < -0.39 is 58.1 Å². The van der Waals surface area contributed by atoms with Crippen LogP contribution in [0.15, 0.2) is 133 Å². The molecule has 5 aromatic carbocycles. The summed E-state index contributed by atoms with van der Waals surface area (Å²) >= 11 is 0. The number of alkyl halides is 3. The van der Waals surface area contributed by atoms with Gasteiger partial charge in [-0.05, 0) is 115 Å². The first-order chi connectivity index (χ1) is 35.2. The molecule has 0 spiro atoms. The number of benzene rings is 5. The highest BCUT2D eigenvalue weighted by atomic mass is 32.2. The number of rotatable bonds is 18. The molecule has 0 saturated heterocycles. The molecule has 8 rings (SSSR count). The van der Waals surface area contributed by atoms with Gasteiger partial charge in [-0.25, -0.2) is 8.42 Å². The van der Waals surface area contributed by atoms with Crippen LogP contribution >= 0.6 is 0 Å². The molecule has 0 amide bonds. The maximum atomic E-state index is 14.7. The lowest BCUT2D eigenvalue weighted by molar-refractivity contribution is -0.438. The molecule has 0 saturated carbocycles. The molecule has 0 aromatic heterocycles. The van der Waals surface area contributed by atoms with Crippen LogP contribution in [0.25, 0.3) is 32.7 Å². The Morgan fingerprint density at radius 1 is 0.680 bits per heavy atom. The number of sulfonamides is 1. The fraction of sp³-hybridized carbons (Fsp3) is 0.386. The maximum absolute atomic E-state index is 14.7. The summed E-state index contributed by atoms with van der Waals surface area (Å²) in [6, 6.07) is 30.6. The lowest BCUT2D eigenvalue weighted by Crippen LogP contribution is -2.37. The minimum absolute atomic E-state index is 0.106. The smallest absolute Gasteiger partial charge is 0.516 e. The van der Waals surface area contributed by atoms with E-state index in [1.807, 2.05) is 110 Å². The van der Waals surface area contributed by atoms with E-state index in [9.17, 15) is 47.5 Å². The van der Waals surface area contributed by atoms with Crippen LogP contribution in [0, 0.1) is 0 Å². The van der Waals surface area contributed by atoms with Gasteiger partial charge in [0.1, 0.15) is 6.54 Å². The van der Waals surface area contributed by atoms with E-state index in [0.29, 0.717) is 41.4 Å². The summed E-state index contributed by atoms with van der Waals surface area (Å²) in [6.45, 7) is 18.9. The largest absolute Gasteiger partial charge is 0.748 e. The highest BCUT2D eigenvalue weighted by Gasteiger charge is 2.51. The van der Waals surface area contributed by atoms with Crippen molar-refractivity contribution in [2.45, 2.75) is 90.5 Å². The number of allylic oxidation sites excluding steroid dienone is 7. The Bertz CT molecular complexity index is 3500. The minimum Gasteiger partial charge on any atom is -0.748 e. The van der Waals surface area contributed by atoms with Crippen molar-refractivity contribution in [1.82, 2.24) is 9.21 Å². The molecule has 0 unspecified atom stereocenters. The molecule has 2 heterocycles. The monoisotopic (exact) mass is 1090 g/mol. The maximum Gasteiger partial charge on any atom is 0.516 e. The number of hydrogen-bond donors (Lipinski definition) is 1. The van der Waals surface area contributed by atoms with Crippen molar-refractivity contribution in [3.63, 3.8) is 0 Å². The molecular formula is C57H67F3N4O8S3. The Hall–Kier alpha value is -5.63. The van der Waals surface area contributed by atoms with Crippen LogP contribution in [0.3, 0.4) is 0 Å². The molecule has 402 valence electrons. The van der Waals surface area contributed by atoms with Gasteiger partial charge in [0.15, 0.2) is 5.71 Å². The van der Waals surface area contributed by atoms with Gasteiger partial charge >= 0.3 is 15.5 Å². The van der Waals surface area contributed by atoms with E-state index in [0.717, 1.165) is 62.5 Å². The van der Waals surface area contributed by atoms with Gasteiger partial charge in [-0.2, -0.15) is 34.6 Å². The first-order valence-corrected chi connectivity index (χ1v) is 29.9. The van der Waals surface area contributed by atoms with Gasteiger partial charge in [0.05, 0.1) is 27.0 Å². The standard InChI is InChI=1S/C51H52F3N3O8S3.C6H15N/c1-49(2)44(56(30-12-14-32-66(58,59)60)42-26-22-34-16-6-8-18-36(34)46(42)49)28-24-40-38-20-10-11-21-39(38)41(48(40)55(5)68(64,65)51(52,53)54)25-29-45-50(3,4)47-37-19-9-7-17-35(37)23-27-43(47)57(45)31-13-15-33-67(61,62)63;1-4-7(5-2)6-3/h6-11,16-29H,12-15,30-33H2,1-5H3,(H-,58,59,60,61,62,63);4-6H2,1-3H3. The summed E-state index contributed by atoms with van der Waals surface area (Å²) in [6.07, 6.45) is 7.86. The molecule has 0 bridgehead atoms. The van der Waals surface area contributed by atoms with Crippen LogP contribution in [-0.4, -0.2) is 111 Å². The highest BCUT2D eigenvalue weighted by molar-refractivity contribution is 7.90. The summed E-state index contributed by atoms with van der Waals surface area (Å²) in [5, 5.41) is 3.93. The number of fused-ring (bicyclic) bond motifs is 7. The van der Waals surface area contributed by atoms with Gasteiger partial charge in [0.2, 0.25) is 5.69 Å². The summed E-state index contributed by atoms with van der Waals surface area (Å²) in [7, 11) is -13.7. The molecule has 5 aromatic rings. The van der Waals surface area contributed by atoms with E-state index in [-0.39, 0.29) is 29.7 Å². The Kier molecular flexibility index (Phi) is 16.9. The molecule has 2 aliphatic heterocycles. The number of likely N-dealkylation sites (N-methyl/N-ethyl adjacent to an activating group) is 1. The molecule has 3 aliphatic rings. The molecular weight excluding hydrogens is 1020 g/mol. The average Bonchev–Trinajstić information content (AvgIpc) is 3.87. The Labute approximate surface area is 440 Å². The Morgan fingerprint density at radius 3 is 1.81 bits per heavy atom. The second kappa shape index (κ2) is 22.1.